The number of nitrogens with two attached hydrogens (primary N) is 1. The molecule has 0 aromatic carbocycles. The Hall–Kier alpha value is -1.89. The first-order valence-corrected chi connectivity index (χ1v) is 7.28. The molecule has 1 aromatic rings. The summed E-state index contributed by atoms with van der Waals surface area (Å²) in [5.41, 5.74) is 6.64. The number of ether oxygens (including phenoxy) is 1. The second-order valence-corrected chi connectivity index (χ2v) is 5.56. The van der Waals surface area contributed by atoms with Gasteiger partial charge >= 0.3 is 11.9 Å². The normalized spacial score (nSPS) is 13.4. The minimum absolute atomic E-state index is 0.121. The molecule has 0 unspecified atom stereocenters. The van der Waals surface area contributed by atoms with Crippen LogP contribution in [0.2, 0.25) is 0 Å². The molecule has 1 heterocycles. The molecule has 108 valence electrons. The van der Waals surface area contributed by atoms with E-state index in [1.165, 1.54) is 11.3 Å². The number of hydrogen-bond donors (Lipinski definition) is 2. The van der Waals surface area contributed by atoms with Crippen molar-refractivity contribution in [3.63, 3.8) is 0 Å². The van der Waals surface area contributed by atoms with Gasteiger partial charge in [-0.05, 0) is 38.2 Å². The van der Waals surface area contributed by atoms with Crippen LogP contribution in [0.1, 0.15) is 40.6 Å². The zero-order valence-corrected chi connectivity index (χ0v) is 12.0. The third-order valence-corrected chi connectivity index (χ3v) is 4.31. The van der Waals surface area contributed by atoms with Crippen molar-refractivity contribution >= 4 is 34.1 Å². The molecule has 0 saturated heterocycles. The van der Waals surface area contributed by atoms with Crippen LogP contribution < -0.4 is 11.1 Å². The number of carbonyl (C=O) groups excluding carboxylic acids is 3. The third-order valence-electron chi connectivity index (χ3n) is 3.11. The van der Waals surface area contributed by atoms with Crippen LogP contribution in [0.5, 0.6) is 0 Å². The minimum atomic E-state index is -0.964. The highest BCUT2D eigenvalue weighted by Crippen LogP contribution is 2.37. The van der Waals surface area contributed by atoms with Crippen LogP contribution in [0.25, 0.3) is 0 Å². The number of aryl methyl sites for hydroxylation is 1. The predicted molar refractivity (Wildman–Crippen MR) is 74.7 cm³/mol. The molecule has 6 nitrogen and oxygen atoms in total. The van der Waals surface area contributed by atoms with Crippen LogP contribution in [0, 0.1) is 0 Å². The summed E-state index contributed by atoms with van der Waals surface area (Å²) in [7, 11) is 0. The number of amides is 2. The lowest BCUT2D eigenvalue weighted by molar-refractivity contribution is -0.152. The first kappa shape index (κ1) is 14.5. The number of hydrogen-bond acceptors (Lipinski definition) is 5. The van der Waals surface area contributed by atoms with E-state index in [4.69, 9.17) is 5.73 Å². The summed E-state index contributed by atoms with van der Waals surface area (Å²) in [6.45, 7) is 1.74. The van der Waals surface area contributed by atoms with E-state index < -0.39 is 17.8 Å². The summed E-state index contributed by atoms with van der Waals surface area (Å²) in [6, 6.07) is 0. The van der Waals surface area contributed by atoms with Gasteiger partial charge in [-0.15, -0.1) is 11.3 Å². The third kappa shape index (κ3) is 2.82. The monoisotopic (exact) mass is 296 g/mol. The maximum Gasteiger partial charge on any atom is 0.397 e. The van der Waals surface area contributed by atoms with Gasteiger partial charge in [-0.3, -0.25) is 9.59 Å². The molecule has 0 fully saturated rings. The van der Waals surface area contributed by atoms with Gasteiger partial charge in [0.25, 0.3) is 5.91 Å². The number of fused-ring (bicyclic) bond motifs is 1. The lowest BCUT2D eigenvalue weighted by Crippen LogP contribution is -2.26. The SMILES string of the molecule is CCOC(=O)C(=O)Nc1sc2c(c1C(N)=O)CCCC2. The van der Waals surface area contributed by atoms with E-state index in [9.17, 15) is 14.4 Å². The first-order chi connectivity index (χ1) is 9.54. The Morgan fingerprint density at radius 2 is 2.00 bits per heavy atom. The van der Waals surface area contributed by atoms with Gasteiger partial charge < -0.3 is 15.8 Å². The van der Waals surface area contributed by atoms with E-state index in [0.717, 1.165) is 36.1 Å². The maximum absolute atomic E-state index is 11.7. The van der Waals surface area contributed by atoms with Gasteiger partial charge in [0.15, 0.2) is 0 Å². The molecule has 0 saturated carbocycles. The summed E-state index contributed by atoms with van der Waals surface area (Å²) in [6.07, 6.45) is 3.70. The molecule has 7 heteroatoms. The van der Waals surface area contributed by atoms with Crippen LogP contribution in [-0.4, -0.2) is 24.4 Å². The quantitative estimate of drug-likeness (QED) is 0.647. The molecular formula is C13H16N2O4S. The van der Waals surface area contributed by atoms with Crippen molar-refractivity contribution < 1.29 is 19.1 Å². The zero-order valence-electron chi connectivity index (χ0n) is 11.2. The Kier molecular flexibility index (Phi) is 4.39. The van der Waals surface area contributed by atoms with Gasteiger partial charge in [0, 0.05) is 4.88 Å². The number of carbonyl (C=O) groups is 3. The molecule has 0 radical (unpaired) electrons. The van der Waals surface area contributed by atoms with Crippen LogP contribution >= 0.6 is 11.3 Å². The average Bonchev–Trinajstić information content (AvgIpc) is 2.76. The van der Waals surface area contributed by atoms with Crippen molar-refractivity contribution in [1.82, 2.24) is 0 Å². The number of primary amides is 1. The molecule has 0 aliphatic heterocycles. The molecule has 20 heavy (non-hydrogen) atoms. The molecule has 0 spiro atoms. The Balaban J connectivity index is 2.27. The number of nitrogens with one attached hydrogen (secondary N) is 1. The van der Waals surface area contributed by atoms with Gasteiger partial charge in [-0.25, -0.2) is 4.79 Å². The van der Waals surface area contributed by atoms with Crippen molar-refractivity contribution in [1.29, 1.82) is 0 Å². The highest BCUT2D eigenvalue weighted by molar-refractivity contribution is 7.17. The summed E-state index contributed by atoms with van der Waals surface area (Å²) in [5, 5.41) is 2.79. The highest BCUT2D eigenvalue weighted by Gasteiger charge is 2.26. The fourth-order valence-electron chi connectivity index (χ4n) is 2.27. The van der Waals surface area contributed by atoms with Crippen LogP contribution in [-0.2, 0) is 27.2 Å². The Morgan fingerprint density at radius 3 is 2.65 bits per heavy atom. The standard InChI is InChI=1S/C13H16N2O4S/c1-2-19-13(18)11(17)15-12-9(10(14)16)7-5-3-4-6-8(7)20-12/h2-6H2,1H3,(H2,14,16)(H,15,17). The fraction of sp³-hybridized carbons (Fsp3) is 0.462. The molecular weight excluding hydrogens is 280 g/mol. The van der Waals surface area contributed by atoms with Crippen molar-refractivity contribution in [2.45, 2.75) is 32.6 Å². The molecule has 1 aliphatic rings. The fourth-order valence-corrected chi connectivity index (χ4v) is 3.56. The number of thiophene rings is 1. The van der Waals surface area contributed by atoms with Gasteiger partial charge in [0.2, 0.25) is 0 Å². The second kappa shape index (κ2) is 6.04. The van der Waals surface area contributed by atoms with Gasteiger partial charge in [-0.1, -0.05) is 0 Å². The van der Waals surface area contributed by atoms with E-state index in [1.54, 1.807) is 6.92 Å². The average molecular weight is 296 g/mol. The first-order valence-electron chi connectivity index (χ1n) is 6.47. The van der Waals surface area contributed by atoms with E-state index in [0.29, 0.717) is 10.6 Å². The van der Waals surface area contributed by atoms with Crippen LogP contribution in [0.15, 0.2) is 0 Å². The smallest absolute Gasteiger partial charge is 0.397 e. The van der Waals surface area contributed by atoms with Gasteiger partial charge in [-0.2, -0.15) is 0 Å². The summed E-state index contributed by atoms with van der Waals surface area (Å²) < 4.78 is 4.62. The number of rotatable bonds is 3. The van der Waals surface area contributed by atoms with E-state index in [-0.39, 0.29) is 6.61 Å². The van der Waals surface area contributed by atoms with E-state index >= 15 is 0 Å². The predicted octanol–water partition coefficient (Wildman–Crippen LogP) is 1.23. The van der Waals surface area contributed by atoms with Crippen molar-refractivity contribution in [3.05, 3.63) is 16.0 Å². The second-order valence-electron chi connectivity index (χ2n) is 4.45. The summed E-state index contributed by atoms with van der Waals surface area (Å²) >= 11 is 1.31. The number of esters is 1. The topological polar surface area (TPSA) is 98.5 Å². The molecule has 1 aromatic heterocycles. The summed E-state index contributed by atoms with van der Waals surface area (Å²) in [4.78, 5) is 35.6. The van der Waals surface area contributed by atoms with Gasteiger partial charge in [0.05, 0.1) is 12.2 Å². The Labute approximate surface area is 120 Å². The maximum atomic E-state index is 11.7. The van der Waals surface area contributed by atoms with Crippen molar-refractivity contribution in [2.75, 3.05) is 11.9 Å². The molecule has 0 bridgehead atoms. The van der Waals surface area contributed by atoms with Gasteiger partial charge in [0.1, 0.15) is 5.00 Å². The zero-order chi connectivity index (χ0) is 14.7. The molecule has 0 atom stereocenters. The molecule has 1 aliphatic carbocycles. The minimum Gasteiger partial charge on any atom is -0.459 e. The lowest BCUT2D eigenvalue weighted by Gasteiger charge is -2.11. The van der Waals surface area contributed by atoms with E-state index in [1.807, 2.05) is 0 Å². The van der Waals surface area contributed by atoms with Crippen LogP contribution in [0.4, 0.5) is 5.00 Å². The van der Waals surface area contributed by atoms with E-state index in [2.05, 4.69) is 10.1 Å². The van der Waals surface area contributed by atoms with Crippen molar-refractivity contribution in [2.24, 2.45) is 5.73 Å². The molecule has 2 amide bonds. The Morgan fingerprint density at radius 1 is 1.30 bits per heavy atom. The van der Waals surface area contributed by atoms with Crippen molar-refractivity contribution in [3.8, 4) is 0 Å². The van der Waals surface area contributed by atoms with Crippen LogP contribution in [0.3, 0.4) is 0 Å². The molecule has 3 N–H and O–H groups in total. The molecule has 2 rings (SSSR count). The Bertz CT molecular complexity index is 565. The summed E-state index contributed by atoms with van der Waals surface area (Å²) in [5.74, 6) is -2.43. The lowest BCUT2D eigenvalue weighted by atomic mass is 9.95. The largest absolute Gasteiger partial charge is 0.459 e. The highest BCUT2D eigenvalue weighted by atomic mass is 32.1. The number of anilines is 1.